The number of fused-ring (bicyclic) bond motifs is 1. The van der Waals surface area contributed by atoms with Crippen molar-refractivity contribution in [2.75, 3.05) is 6.54 Å². The van der Waals surface area contributed by atoms with Crippen LogP contribution in [0.4, 0.5) is 0 Å². The molecule has 1 aliphatic rings. The molecular weight excluding hydrogens is 274 g/mol. The number of aliphatic hydroxyl groups is 1. The number of nitrogens with zero attached hydrogens (tertiary/aromatic N) is 1. The maximum absolute atomic E-state index is 10.9. The van der Waals surface area contributed by atoms with E-state index in [1.54, 1.807) is 0 Å². The van der Waals surface area contributed by atoms with Gasteiger partial charge >= 0.3 is 0 Å². The van der Waals surface area contributed by atoms with Gasteiger partial charge < -0.3 is 10.4 Å². The second-order valence-electron chi connectivity index (χ2n) is 7.31. The molecule has 4 heteroatoms. The van der Waals surface area contributed by atoms with Crippen LogP contribution in [0.2, 0.25) is 0 Å². The summed E-state index contributed by atoms with van der Waals surface area (Å²) >= 11 is 0. The van der Waals surface area contributed by atoms with Gasteiger partial charge in [-0.15, -0.1) is 0 Å². The number of hydrogen-bond acceptors (Lipinski definition) is 3. The van der Waals surface area contributed by atoms with E-state index in [-0.39, 0.29) is 5.41 Å². The van der Waals surface area contributed by atoms with Crippen LogP contribution in [0.5, 0.6) is 0 Å². The molecule has 22 heavy (non-hydrogen) atoms. The Labute approximate surface area is 132 Å². The van der Waals surface area contributed by atoms with Crippen molar-refractivity contribution in [1.82, 2.24) is 15.5 Å². The van der Waals surface area contributed by atoms with Gasteiger partial charge in [-0.1, -0.05) is 45.0 Å². The normalized spacial score (nSPS) is 21.1. The highest BCUT2D eigenvalue weighted by molar-refractivity contribution is 5.37. The van der Waals surface area contributed by atoms with Crippen LogP contribution in [0, 0.1) is 0 Å². The molecule has 1 aromatic carbocycles. The molecule has 4 nitrogen and oxygen atoms in total. The van der Waals surface area contributed by atoms with Crippen molar-refractivity contribution in [3.05, 3.63) is 52.8 Å². The van der Waals surface area contributed by atoms with E-state index < -0.39 is 5.60 Å². The fourth-order valence-electron chi connectivity index (χ4n) is 3.35. The van der Waals surface area contributed by atoms with Crippen molar-refractivity contribution in [3.63, 3.8) is 0 Å². The number of aromatic amines is 1. The average Bonchev–Trinajstić information content (AvgIpc) is 3.05. The van der Waals surface area contributed by atoms with E-state index in [0.29, 0.717) is 13.1 Å². The third-order valence-corrected chi connectivity index (χ3v) is 4.53. The lowest BCUT2D eigenvalue weighted by molar-refractivity contribution is 0.0384. The topological polar surface area (TPSA) is 60.9 Å². The summed E-state index contributed by atoms with van der Waals surface area (Å²) in [7, 11) is 0. The van der Waals surface area contributed by atoms with Crippen LogP contribution in [-0.4, -0.2) is 21.8 Å². The van der Waals surface area contributed by atoms with Gasteiger partial charge in [-0.05, 0) is 24.0 Å². The Balaban J connectivity index is 1.66. The molecule has 1 heterocycles. The zero-order chi connectivity index (χ0) is 15.8. The fourth-order valence-corrected chi connectivity index (χ4v) is 3.35. The molecule has 0 saturated carbocycles. The van der Waals surface area contributed by atoms with Gasteiger partial charge in [-0.2, -0.15) is 5.10 Å². The first-order chi connectivity index (χ1) is 10.4. The maximum Gasteiger partial charge on any atom is 0.103 e. The van der Waals surface area contributed by atoms with Gasteiger partial charge in [0.1, 0.15) is 5.60 Å². The summed E-state index contributed by atoms with van der Waals surface area (Å²) in [5.41, 5.74) is 3.96. The van der Waals surface area contributed by atoms with Crippen LogP contribution in [0.25, 0.3) is 0 Å². The predicted molar refractivity (Wildman–Crippen MR) is 87.7 cm³/mol. The van der Waals surface area contributed by atoms with Crippen molar-refractivity contribution in [3.8, 4) is 0 Å². The lowest BCUT2D eigenvalue weighted by Crippen LogP contribution is -2.36. The van der Waals surface area contributed by atoms with Crippen LogP contribution in [0.3, 0.4) is 0 Å². The smallest absolute Gasteiger partial charge is 0.103 e. The molecule has 0 saturated heterocycles. The number of hydrogen-bond donors (Lipinski definition) is 3. The third-order valence-electron chi connectivity index (χ3n) is 4.53. The van der Waals surface area contributed by atoms with Crippen LogP contribution < -0.4 is 5.32 Å². The van der Waals surface area contributed by atoms with Crippen LogP contribution in [0.15, 0.2) is 30.5 Å². The van der Waals surface area contributed by atoms with Crippen molar-refractivity contribution in [2.24, 2.45) is 0 Å². The first-order valence-corrected chi connectivity index (χ1v) is 7.94. The zero-order valence-electron chi connectivity index (χ0n) is 13.6. The minimum absolute atomic E-state index is 0.0460. The molecule has 0 radical (unpaired) electrons. The number of benzene rings is 1. The minimum Gasteiger partial charge on any atom is -0.384 e. The van der Waals surface area contributed by atoms with E-state index in [0.717, 1.165) is 24.1 Å². The van der Waals surface area contributed by atoms with E-state index in [1.807, 2.05) is 24.4 Å². The molecule has 0 spiro atoms. The summed E-state index contributed by atoms with van der Waals surface area (Å²) < 4.78 is 0. The van der Waals surface area contributed by atoms with Gasteiger partial charge in [0.2, 0.25) is 0 Å². The van der Waals surface area contributed by atoms with Crippen molar-refractivity contribution in [1.29, 1.82) is 0 Å². The summed E-state index contributed by atoms with van der Waals surface area (Å²) in [4.78, 5) is 0. The summed E-state index contributed by atoms with van der Waals surface area (Å²) in [5, 5.41) is 21.6. The molecule has 118 valence electrons. The van der Waals surface area contributed by atoms with Crippen molar-refractivity contribution in [2.45, 2.75) is 51.2 Å². The van der Waals surface area contributed by atoms with Gasteiger partial charge in [0.25, 0.3) is 0 Å². The molecule has 1 atom stereocenters. The highest BCUT2D eigenvalue weighted by Crippen LogP contribution is 2.36. The van der Waals surface area contributed by atoms with Gasteiger partial charge in [-0.25, -0.2) is 0 Å². The Kier molecular flexibility index (Phi) is 3.83. The Hall–Kier alpha value is -1.65. The predicted octanol–water partition coefficient (Wildman–Crippen LogP) is 2.63. The molecule has 1 aromatic heterocycles. The molecule has 3 N–H and O–H groups in total. The summed E-state index contributed by atoms with van der Waals surface area (Å²) in [6.07, 6.45) is 3.62. The standard InChI is InChI=1S/C18H25N3O/c1-17(2,3)16-14(11-20-21-16)10-19-12-18(22)9-8-13-6-4-5-7-15(13)18/h4-7,11,19,22H,8-10,12H2,1-3H3,(H,20,21). The molecule has 3 rings (SSSR count). The second kappa shape index (κ2) is 5.52. The number of rotatable bonds is 4. The molecule has 0 aliphatic heterocycles. The molecule has 1 aliphatic carbocycles. The first-order valence-electron chi connectivity index (χ1n) is 7.94. The van der Waals surface area contributed by atoms with Crippen LogP contribution in [0.1, 0.15) is 49.6 Å². The van der Waals surface area contributed by atoms with Gasteiger partial charge in [0.15, 0.2) is 0 Å². The Bertz CT molecular complexity index is 656. The lowest BCUT2D eigenvalue weighted by Gasteiger charge is -2.25. The molecule has 0 bridgehead atoms. The lowest BCUT2D eigenvalue weighted by atomic mass is 9.89. The van der Waals surface area contributed by atoms with Gasteiger partial charge in [0.05, 0.1) is 6.20 Å². The molecule has 0 amide bonds. The molecule has 0 fully saturated rings. The minimum atomic E-state index is -0.748. The van der Waals surface area contributed by atoms with E-state index in [4.69, 9.17) is 0 Å². The maximum atomic E-state index is 10.9. The van der Waals surface area contributed by atoms with Gasteiger partial charge in [-0.3, -0.25) is 5.10 Å². The third kappa shape index (κ3) is 2.81. The van der Waals surface area contributed by atoms with Crippen LogP contribution in [-0.2, 0) is 24.0 Å². The summed E-state index contributed by atoms with van der Waals surface area (Å²) in [6.45, 7) is 7.80. The zero-order valence-corrected chi connectivity index (χ0v) is 13.6. The van der Waals surface area contributed by atoms with E-state index in [9.17, 15) is 5.11 Å². The van der Waals surface area contributed by atoms with Crippen molar-refractivity contribution < 1.29 is 5.11 Å². The Morgan fingerprint density at radius 2 is 2.09 bits per heavy atom. The monoisotopic (exact) mass is 299 g/mol. The van der Waals surface area contributed by atoms with Crippen LogP contribution >= 0.6 is 0 Å². The highest BCUT2D eigenvalue weighted by Gasteiger charge is 2.35. The van der Waals surface area contributed by atoms with E-state index in [2.05, 4.69) is 42.4 Å². The number of aryl methyl sites for hydroxylation is 1. The largest absolute Gasteiger partial charge is 0.384 e. The van der Waals surface area contributed by atoms with E-state index in [1.165, 1.54) is 11.1 Å². The SMILES string of the molecule is CC(C)(C)c1[nH]ncc1CNCC1(O)CCc2ccccc21. The molecular formula is C18H25N3O. The quantitative estimate of drug-likeness (QED) is 0.813. The Morgan fingerprint density at radius 3 is 2.86 bits per heavy atom. The second-order valence-corrected chi connectivity index (χ2v) is 7.31. The highest BCUT2D eigenvalue weighted by atomic mass is 16.3. The molecule has 2 aromatic rings. The summed E-state index contributed by atoms with van der Waals surface area (Å²) in [5.74, 6) is 0. The van der Waals surface area contributed by atoms with Crippen molar-refractivity contribution >= 4 is 0 Å². The Morgan fingerprint density at radius 1 is 1.32 bits per heavy atom. The number of aromatic nitrogens is 2. The number of H-pyrrole nitrogens is 1. The first kappa shape index (κ1) is 15.3. The van der Waals surface area contributed by atoms with Gasteiger partial charge in [0, 0.05) is 29.8 Å². The number of nitrogens with one attached hydrogen (secondary N) is 2. The summed E-state index contributed by atoms with van der Waals surface area (Å²) in [6, 6.07) is 8.20. The molecule has 1 unspecified atom stereocenters. The average molecular weight is 299 g/mol. The van der Waals surface area contributed by atoms with E-state index >= 15 is 0 Å². The fraction of sp³-hybridized carbons (Fsp3) is 0.500.